The van der Waals surface area contributed by atoms with E-state index in [1.807, 2.05) is 0 Å². The van der Waals surface area contributed by atoms with Crippen LogP contribution in [0.1, 0.15) is 40.0 Å². The van der Waals surface area contributed by atoms with Gasteiger partial charge in [-0.2, -0.15) is 12.6 Å². The molecule has 0 aromatic carbocycles. The molecule has 0 aromatic heterocycles. The Bertz CT molecular complexity index is 546. The molecule has 28 heavy (non-hydrogen) atoms. The fraction of sp³-hybridized carbons (Fsp3) is 0.765. The molecule has 4 atom stereocenters. The first-order valence-electron chi connectivity index (χ1n) is 9.25. The highest BCUT2D eigenvalue weighted by atomic mass is 32.1. The van der Waals surface area contributed by atoms with E-state index >= 15 is 0 Å². The zero-order chi connectivity index (χ0) is 21.9. The van der Waals surface area contributed by atoms with Crippen LogP contribution in [-0.2, 0) is 19.2 Å². The normalized spacial score (nSPS) is 15.2. The van der Waals surface area contributed by atoms with Crippen LogP contribution in [0.3, 0.4) is 0 Å². The van der Waals surface area contributed by atoms with Crippen molar-refractivity contribution in [1.82, 2.24) is 16.0 Å². The van der Waals surface area contributed by atoms with E-state index in [9.17, 15) is 19.2 Å². The molecule has 0 bridgehead atoms. The van der Waals surface area contributed by atoms with Gasteiger partial charge in [0.1, 0.15) is 18.1 Å². The van der Waals surface area contributed by atoms with Gasteiger partial charge in [-0.25, -0.2) is 0 Å². The third-order valence-electron chi connectivity index (χ3n) is 4.15. The van der Waals surface area contributed by atoms with E-state index in [4.69, 9.17) is 16.6 Å². The number of carboxylic acids is 1. The molecule has 8 N–H and O–H groups in total. The number of carboxylic acid groups (broad SMARTS) is 1. The molecular weight excluding hydrogens is 386 g/mol. The van der Waals surface area contributed by atoms with Crippen molar-refractivity contribution >= 4 is 36.3 Å². The Morgan fingerprint density at radius 2 is 1.46 bits per heavy atom. The van der Waals surface area contributed by atoms with E-state index in [1.165, 1.54) is 6.92 Å². The van der Waals surface area contributed by atoms with Crippen LogP contribution in [0.15, 0.2) is 0 Å². The molecule has 0 aliphatic rings. The Hall–Kier alpha value is -1.85. The lowest BCUT2D eigenvalue weighted by atomic mass is 10.0. The molecule has 0 saturated heterocycles. The lowest BCUT2D eigenvalue weighted by Gasteiger charge is -2.24. The summed E-state index contributed by atoms with van der Waals surface area (Å²) in [5, 5.41) is 16.3. The molecule has 0 aliphatic heterocycles. The fourth-order valence-electron chi connectivity index (χ4n) is 2.17. The lowest BCUT2D eigenvalue weighted by Crippen LogP contribution is -2.57. The van der Waals surface area contributed by atoms with Crippen molar-refractivity contribution < 1.29 is 24.3 Å². The van der Waals surface area contributed by atoms with Gasteiger partial charge < -0.3 is 32.5 Å². The lowest BCUT2D eigenvalue weighted by molar-refractivity contribution is -0.141. The Balaban J connectivity index is 5.08. The van der Waals surface area contributed by atoms with Crippen molar-refractivity contribution in [3.05, 3.63) is 0 Å². The van der Waals surface area contributed by atoms with Gasteiger partial charge in [-0.1, -0.05) is 13.8 Å². The van der Waals surface area contributed by atoms with Gasteiger partial charge in [0.2, 0.25) is 17.7 Å². The number of hydrogen-bond acceptors (Lipinski definition) is 7. The summed E-state index contributed by atoms with van der Waals surface area (Å²) in [6, 6.07) is -3.83. The number of thiol groups is 1. The van der Waals surface area contributed by atoms with Crippen LogP contribution in [0, 0.1) is 5.92 Å². The highest BCUT2D eigenvalue weighted by molar-refractivity contribution is 7.80. The molecule has 0 aromatic rings. The average Bonchev–Trinajstić information content (AvgIpc) is 2.63. The molecule has 10 nitrogen and oxygen atoms in total. The van der Waals surface area contributed by atoms with Crippen LogP contribution in [0.2, 0.25) is 0 Å². The second kappa shape index (κ2) is 13.3. The minimum atomic E-state index is -1.19. The van der Waals surface area contributed by atoms with Crippen molar-refractivity contribution in [2.75, 3.05) is 12.3 Å². The summed E-state index contributed by atoms with van der Waals surface area (Å²) in [6.45, 7) is 5.31. The van der Waals surface area contributed by atoms with Gasteiger partial charge in [-0.15, -0.1) is 0 Å². The number of amides is 3. The maximum absolute atomic E-state index is 12.5. The van der Waals surface area contributed by atoms with Gasteiger partial charge in [0.15, 0.2) is 0 Å². The van der Waals surface area contributed by atoms with Gasteiger partial charge in [0.25, 0.3) is 0 Å². The fourth-order valence-corrected chi connectivity index (χ4v) is 2.43. The molecule has 4 unspecified atom stereocenters. The highest BCUT2D eigenvalue weighted by Crippen LogP contribution is 2.04. The Kier molecular flexibility index (Phi) is 12.5. The predicted molar refractivity (Wildman–Crippen MR) is 109 cm³/mol. The number of nitrogens with two attached hydrogens (primary N) is 2. The quantitative estimate of drug-likeness (QED) is 0.142. The first-order chi connectivity index (χ1) is 13.0. The molecule has 0 rings (SSSR count). The predicted octanol–water partition coefficient (Wildman–Crippen LogP) is -1.41. The maximum atomic E-state index is 12.5. The van der Waals surface area contributed by atoms with Crippen LogP contribution >= 0.6 is 12.6 Å². The summed E-state index contributed by atoms with van der Waals surface area (Å²) in [5.74, 6) is -3.02. The number of nitrogens with one attached hydrogen (secondary N) is 3. The Morgan fingerprint density at radius 1 is 0.929 bits per heavy atom. The average molecular weight is 420 g/mol. The SMILES string of the molecule is CC(NC(=O)C(CCCCN)NC(=O)C(CS)NC(=O)C(N)C(C)C)C(=O)O. The first kappa shape index (κ1) is 26.1. The largest absolute Gasteiger partial charge is 0.480 e. The van der Waals surface area contributed by atoms with Crippen molar-refractivity contribution in [1.29, 1.82) is 0 Å². The van der Waals surface area contributed by atoms with Gasteiger partial charge in [-0.05, 0) is 38.6 Å². The maximum Gasteiger partial charge on any atom is 0.325 e. The molecule has 3 amide bonds. The molecule has 0 fully saturated rings. The first-order valence-corrected chi connectivity index (χ1v) is 9.88. The molecule has 0 radical (unpaired) electrons. The van der Waals surface area contributed by atoms with Gasteiger partial charge in [0.05, 0.1) is 6.04 Å². The molecule has 162 valence electrons. The number of carbonyl (C=O) groups excluding carboxylic acids is 3. The summed E-state index contributed by atoms with van der Waals surface area (Å²) in [6.07, 6.45) is 1.48. The number of rotatable bonds is 13. The van der Waals surface area contributed by atoms with Crippen molar-refractivity contribution in [2.45, 2.75) is 64.2 Å². The second-order valence-electron chi connectivity index (χ2n) is 6.93. The van der Waals surface area contributed by atoms with Crippen molar-refractivity contribution in [3.8, 4) is 0 Å². The number of carbonyl (C=O) groups is 4. The zero-order valence-corrected chi connectivity index (χ0v) is 17.5. The topological polar surface area (TPSA) is 177 Å². The number of unbranched alkanes of at least 4 members (excludes halogenated alkanes) is 1. The minimum Gasteiger partial charge on any atom is -0.480 e. The summed E-state index contributed by atoms with van der Waals surface area (Å²) in [7, 11) is 0. The molecule has 0 aliphatic carbocycles. The summed E-state index contributed by atoms with van der Waals surface area (Å²) >= 11 is 4.08. The van der Waals surface area contributed by atoms with E-state index in [1.54, 1.807) is 13.8 Å². The van der Waals surface area contributed by atoms with Crippen LogP contribution < -0.4 is 27.4 Å². The Morgan fingerprint density at radius 3 is 1.93 bits per heavy atom. The minimum absolute atomic E-state index is 0.00502. The standard InChI is InChI=1S/C17H33N5O5S/c1-9(2)13(19)16(25)22-12(8-28)15(24)21-11(6-4-5-7-18)14(23)20-10(3)17(26)27/h9-13,28H,4-8,18-19H2,1-3H3,(H,20,23)(H,21,24)(H,22,25)(H,26,27). The summed E-state index contributed by atoms with van der Waals surface area (Å²) < 4.78 is 0. The van der Waals surface area contributed by atoms with Crippen molar-refractivity contribution in [3.63, 3.8) is 0 Å². The number of aliphatic carboxylic acids is 1. The third kappa shape index (κ3) is 9.38. The van der Waals surface area contributed by atoms with E-state index in [0.29, 0.717) is 19.4 Å². The monoisotopic (exact) mass is 419 g/mol. The molecule has 0 saturated carbocycles. The van der Waals surface area contributed by atoms with E-state index < -0.39 is 47.9 Å². The number of hydrogen-bond donors (Lipinski definition) is 7. The van der Waals surface area contributed by atoms with Gasteiger partial charge in [-0.3, -0.25) is 19.2 Å². The van der Waals surface area contributed by atoms with Gasteiger partial charge in [0, 0.05) is 5.75 Å². The van der Waals surface area contributed by atoms with Crippen LogP contribution in [-0.4, -0.2) is 65.3 Å². The smallest absolute Gasteiger partial charge is 0.325 e. The third-order valence-corrected chi connectivity index (χ3v) is 4.51. The van der Waals surface area contributed by atoms with E-state index in [0.717, 1.165) is 0 Å². The molecular formula is C17H33N5O5S. The van der Waals surface area contributed by atoms with E-state index in [-0.39, 0.29) is 18.1 Å². The van der Waals surface area contributed by atoms with Crippen LogP contribution in [0.5, 0.6) is 0 Å². The zero-order valence-electron chi connectivity index (χ0n) is 16.6. The van der Waals surface area contributed by atoms with Crippen LogP contribution in [0.25, 0.3) is 0 Å². The molecule has 0 heterocycles. The summed E-state index contributed by atoms with van der Waals surface area (Å²) in [5.41, 5.74) is 11.2. The molecule has 0 spiro atoms. The summed E-state index contributed by atoms with van der Waals surface area (Å²) in [4.78, 5) is 48.0. The highest BCUT2D eigenvalue weighted by Gasteiger charge is 2.29. The van der Waals surface area contributed by atoms with Crippen molar-refractivity contribution in [2.24, 2.45) is 17.4 Å². The van der Waals surface area contributed by atoms with Crippen LogP contribution in [0.4, 0.5) is 0 Å². The van der Waals surface area contributed by atoms with E-state index in [2.05, 4.69) is 28.6 Å². The Labute approximate surface area is 171 Å². The second-order valence-corrected chi connectivity index (χ2v) is 7.29. The molecule has 11 heteroatoms. The van der Waals surface area contributed by atoms with Gasteiger partial charge >= 0.3 is 5.97 Å².